The number of alkyl halides is 3. The molecule has 2 aromatic rings. The molecule has 0 radical (unpaired) electrons. The van der Waals surface area contributed by atoms with Crippen LogP contribution in [-0.2, 0) is 6.18 Å². The number of nitrogens with two attached hydrogens (primary N) is 1. The Morgan fingerprint density at radius 1 is 1.15 bits per heavy atom. The van der Waals surface area contributed by atoms with Crippen LogP contribution in [0.25, 0.3) is 0 Å². The van der Waals surface area contributed by atoms with Crippen LogP contribution in [0.5, 0.6) is 0 Å². The molecule has 8 heteroatoms. The maximum Gasteiger partial charge on any atom is 0.418 e. The molecular formula is C12H7Cl2F3N2S. The van der Waals surface area contributed by atoms with Gasteiger partial charge in [0.1, 0.15) is 5.15 Å². The third-order valence-electron chi connectivity index (χ3n) is 2.36. The molecule has 0 atom stereocenters. The highest BCUT2D eigenvalue weighted by molar-refractivity contribution is 7.99. The van der Waals surface area contributed by atoms with Gasteiger partial charge in [-0.25, -0.2) is 4.98 Å². The summed E-state index contributed by atoms with van der Waals surface area (Å²) in [6.07, 6.45) is -3.19. The van der Waals surface area contributed by atoms with Crippen LogP contribution in [0.2, 0.25) is 10.2 Å². The van der Waals surface area contributed by atoms with E-state index in [1.807, 2.05) is 0 Å². The van der Waals surface area contributed by atoms with Gasteiger partial charge in [-0.3, -0.25) is 0 Å². The normalized spacial score (nSPS) is 11.7. The Hall–Kier alpha value is -1.11. The van der Waals surface area contributed by atoms with E-state index in [1.165, 1.54) is 30.5 Å². The highest BCUT2D eigenvalue weighted by Crippen LogP contribution is 2.45. The molecule has 1 aromatic carbocycles. The van der Waals surface area contributed by atoms with E-state index < -0.39 is 11.7 Å². The topological polar surface area (TPSA) is 38.9 Å². The number of pyridine rings is 1. The molecule has 0 aliphatic carbocycles. The van der Waals surface area contributed by atoms with E-state index in [2.05, 4.69) is 4.98 Å². The summed E-state index contributed by atoms with van der Waals surface area (Å²) in [6, 6.07) is 5.39. The number of rotatable bonds is 2. The van der Waals surface area contributed by atoms with Crippen LogP contribution in [0, 0.1) is 0 Å². The Labute approximate surface area is 127 Å². The molecule has 0 amide bonds. The second kappa shape index (κ2) is 5.71. The van der Waals surface area contributed by atoms with E-state index in [1.54, 1.807) is 0 Å². The molecule has 0 aliphatic rings. The number of nitrogens with zero attached hydrogens (tertiary/aromatic N) is 1. The van der Waals surface area contributed by atoms with Crippen LogP contribution >= 0.6 is 35.0 Å². The van der Waals surface area contributed by atoms with Crippen LogP contribution in [0.1, 0.15) is 5.56 Å². The molecule has 0 fully saturated rings. The van der Waals surface area contributed by atoms with Crippen molar-refractivity contribution in [3.8, 4) is 0 Å². The van der Waals surface area contributed by atoms with Gasteiger partial charge in [0.15, 0.2) is 0 Å². The zero-order valence-corrected chi connectivity index (χ0v) is 12.0. The Balaban J connectivity index is 2.53. The molecule has 0 saturated carbocycles. The van der Waals surface area contributed by atoms with Gasteiger partial charge in [0.05, 0.1) is 21.2 Å². The van der Waals surface area contributed by atoms with Crippen molar-refractivity contribution < 1.29 is 13.2 Å². The van der Waals surface area contributed by atoms with Crippen molar-refractivity contribution in [1.82, 2.24) is 4.98 Å². The van der Waals surface area contributed by atoms with Gasteiger partial charge in [-0.05, 0) is 18.2 Å². The summed E-state index contributed by atoms with van der Waals surface area (Å²) in [6.45, 7) is 0. The summed E-state index contributed by atoms with van der Waals surface area (Å²) in [5, 5.41) is -0.329. The first kappa shape index (κ1) is 15.3. The first-order valence-electron chi connectivity index (χ1n) is 5.24. The molecule has 106 valence electrons. The van der Waals surface area contributed by atoms with Crippen LogP contribution in [0.3, 0.4) is 0 Å². The molecule has 2 nitrogen and oxygen atoms in total. The standard InChI is InChI=1S/C12H7Cl2F3N2S/c13-6-2-1-3-8(9(6)12(15,16)17)20-10-7(18)4-5-19-11(10)14/h1-5H,(H2,18,19). The molecule has 1 heterocycles. The lowest BCUT2D eigenvalue weighted by Gasteiger charge is -2.15. The number of benzene rings is 1. The summed E-state index contributed by atoms with van der Waals surface area (Å²) < 4.78 is 39.1. The fourth-order valence-corrected chi connectivity index (χ4v) is 3.15. The van der Waals surface area contributed by atoms with E-state index in [4.69, 9.17) is 28.9 Å². The predicted octanol–water partition coefficient (Wildman–Crippen LogP) is 5.14. The lowest BCUT2D eigenvalue weighted by Crippen LogP contribution is -2.08. The van der Waals surface area contributed by atoms with Crippen molar-refractivity contribution in [3.05, 3.63) is 46.2 Å². The molecule has 20 heavy (non-hydrogen) atoms. The Morgan fingerprint density at radius 3 is 2.45 bits per heavy atom. The number of nitrogen functional groups attached to an aromatic ring is 1. The first-order valence-corrected chi connectivity index (χ1v) is 6.81. The number of hydrogen-bond donors (Lipinski definition) is 1. The summed E-state index contributed by atoms with van der Waals surface area (Å²) in [5.74, 6) is 0. The SMILES string of the molecule is Nc1ccnc(Cl)c1Sc1cccc(Cl)c1C(F)(F)F. The molecule has 0 bridgehead atoms. The third kappa shape index (κ3) is 3.13. The Bertz CT molecular complexity index is 627. The van der Waals surface area contributed by atoms with Gasteiger partial charge in [0.2, 0.25) is 0 Å². The second-order valence-electron chi connectivity index (χ2n) is 3.73. The minimum Gasteiger partial charge on any atom is -0.398 e. The minimum atomic E-state index is -4.57. The van der Waals surface area contributed by atoms with Crippen LogP contribution in [-0.4, -0.2) is 4.98 Å². The maximum atomic E-state index is 13.0. The maximum absolute atomic E-state index is 13.0. The first-order chi connectivity index (χ1) is 9.30. The molecule has 1 aromatic heterocycles. The van der Waals surface area contributed by atoms with Crippen molar-refractivity contribution in [2.24, 2.45) is 0 Å². The van der Waals surface area contributed by atoms with Gasteiger partial charge < -0.3 is 5.73 Å². The molecule has 0 aliphatic heterocycles. The summed E-state index contributed by atoms with van der Waals surface area (Å²) >= 11 is 12.3. The second-order valence-corrected chi connectivity index (χ2v) is 5.55. The monoisotopic (exact) mass is 338 g/mol. The number of anilines is 1. The molecular weight excluding hydrogens is 332 g/mol. The molecule has 0 unspecified atom stereocenters. The van der Waals surface area contributed by atoms with Gasteiger partial charge >= 0.3 is 6.18 Å². The van der Waals surface area contributed by atoms with Gasteiger partial charge in [-0.2, -0.15) is 13.2 Å². The number of halogens is 5. The fraction of sp³-hybridized carbons (Fsp3) is 0.0833. The molecule has 0 saturated heterocycles. The Kier molecular flexibility index (Phi) is 4.36. The van der Waals surface area contributed by atoms with Crippen molar-refractivity contribution in [2.45, 2.75) is 16.0 Å². The largest absolute Gasteiger partial charge is 0.418 e. The lowest BCUT2D eigenvalue weighted by atomic mass is 10.2. The minimum absolute atomic E-state index is 0.0445. The van der Waals surface area contributed by atoms with E-state index in [0.29, 0.717) is 0 Å². The quantitative estimate of drug-likeness (QED) is 0.770. The van der Waals surface area contributed by atoms with Gasteiger partial charge in [-0.15, -0.1) is 0 Å². The van der Waals surface area contributed by atoms with Gasteiger partial charge in [0, 0.05) is 11.1 Å². The van der Waals surface area contributed by atoms with Crippen LogP contribution < -0.4 is 5.73 Å². The molecule has 2 rings (SSSR count). The van der Waals surface area contributed by atoms with E-state index in [9.17, 15) is 13.2 Å². The van der Waals surface area contributed by atoms with Crippen LogP contribution in [0.15, 0.2) is 40.3 Å². The van der Waals surface area contributed by atoms with Crippen molar-refractivity contribution in [1.29, 1.82) is 0 Å². The van der Waals surface area contributed by atoms with E-state index in [0.717, 1.165) is 11.8 Å². The highest BCUT2D eigenvalue weighted by atomic mass is 35.5. The van der Waals surface area contributed by atoms with Crippen molar-refractivity contribution in [2.75, 3.05) is 5.73 Å². The summed E-state index contributed by atoms with van der Waals surface area (Å²) in [7, 11) is 0. The average molecular weight is 339 g/mol. The van der Waals surface area contributed by atoms with Gasteiger partial charge in [-0.1, -0.05) is 41.0 Å². The van der Waals surface area contributed by atoms with E-state index in [-0.39, 0.29) is 25.7 Å². The van der Waals surface area contributed by atoms with Crippen molar-refractivity contribution >= 4 is 40.7 Å². The van der Waals surface area contributed by atoms with Crippen molar-refractivity contribution in [3.63, 3.8) is 0 Å². The smallest absolute Gasteiger partial charge is 0.398 e. The molecule has 2 N–H and O–H groups in total. The number of hydrogen-bond acceptors (Lipinski definition) is 3. The predicted molar refractivity (Wildman–Crippen MR) is 74.2 cm³/mol. The Morgan fingerprint density at radius 2 is 1.85 bits per heavy atom. The fourth-order valence-electron chi connectivity index (χ4n) is 1.51. The average Bonchev–Trinajstić information content (AvgIpc) is 2.32. The summed E-state index contributed by atoms with van der Waals surface area (Å²) in [4.78, 5) is 3.99. The zero-order valence-electron chi connectivity index (χ0n) is 9.71. The van der Waals surface area contributed by atoms with Gasteiger partial charge in [0.25, 0.3) is 0 Å². The summed E-state index contributed by atoms with van der Waals surface area (Å²) in [5.41, 5.74) is 5.05. The third-order valence-corrected chi connectivity index (χ3v) is 4.27. The number of aromatic nitrogens is 1. The van der Waals surface area contributed by atoms with E-state index >= 15 is 0 Å². The molecule has 0 spiro atoms. The highest BCUT2D eigenvalue weighted by Gasteiger charge is 2.36. The lowest BCUT2D eigenvalue weighted by molar-refractivity contribution is -0.139. The van der Waals surface area contributed by atoms with Crippen LogP contribution in [0.4, 0.5) is 18.9 Å². The zero-order chi connectivity index (χ0) is 14.9.